The minimum atomic E-state index is -0.496. The Kier molecular flexibility index (Phi) is 8.80. The number of anilines is 1. The van der Waals surface area contributed by atoms with E-state index in [2.05, 4.69) is 15.5 Å². The number of para-hydroxylation sites is 2. The molecule has 0 saturated heterocycles. The largest absolute Gasteiger partial charge is 0.493 e. The number of nitrogens with zero attached hydrogens (tertiary/aromatic N) is 3. The van der Waals surface area contributed by atoms with Gasteiger partial charge in [-0.2, -0.15) is 0 Å². The minimum Gasteiger partial charge on any atom is -0.493 e. The molecule has 5 rings (SSSR count). The van der Waals surface area contributed by atoms with E-state index in [4.69, 9.17) is 14.2 Å². The van der Waals surface area contributed by atoms with Crippen LogP contribution in [0, 0.1) is 5.82 Å². The second-order valence-electron chi connectivity index (χ2n) is 8.83. The van der Waals surface area contributed by atoms with Crippen LogP contribution in [0.4, 0.5) is 10.1 Å². The van der Waals surface area contributed by atoms with Crippen molar-refractivity contribution in [3.8, 4) is 28.7 Å². The number of thioether (sulfide) groups is 1. The number of halogens is 1. The number of methoxy groups -OCH3 is 2. The molecule has 5 aromatic rings. The Hall–Kier alpha value is -4.83. The standard InChI is InChI=1S/C31H27FN4O4S/c1-38-27-17-12-21(18-28(27)39-2)19-29-34-35-31(41-20-30(37)33-26-11-7-6-10-25(26)32)36(29)22-13-15-24(16-14-22)40-23-8-4-3-5-9-23/h3-18H,19-20H2,1-2H3,(H,33,37). The molecule has 0 aliphatic carbocycles. The van der Waals surface area contributed by atoms with Crippen molar-refractivity contribution < 1.29 is 23.4 Å². The molecule has 0 fully saturated rings. The zero-order valence-corrected chi connectivity index (χ0v) is 23.2. The van der Waals surface area contributed by atoms with Crippen LogP contribution in [0.25, 0.3) is 5.69 Å². The molecule has 1 amide bonds. The third kappa shape index (κ3) is 6.85. The third-order valence-electron chi connectivity index (χ3n) is 6.06. The van der Waals surface area contributed by atoms with Crippen molar-refractivity contribution in [1.82, 2.24) is 14.8 Å². The number of nitrogens with one attached hydrogen (secondary N) is 1. The summed E-state index contributed by atoms with van der Waals surface area (Å²) in [5.74, 6) is 2.46. The molecular weight excluding hydrogens is 543 g/mol. The molecule has 1 N–H and O–H groups in total. The van der Waals surface area contributed by atoms with Gasteiger partial charge in [-0.25, -0.2) is 4.39 Å². The summed E-state index contributed by atoms with van der Waals surface area (Å²) in [6, 6.07) is 28.8. The predicted molar refractivity (Wildman–Crippen MR) is 156 cm³/mol. The van der Waals surface area contributed by atoms with Crippen LogP contribution in [0.15, 0.2) is 102 Å². The topological polar surface area (TPSA) is 87.5 Å². The lowest BCUT2D eigenvalue weighted by Gasteiger charge is -2.13. The smallest absolute Gasteiger partial charge is 0.234 e. The molecule has 4 aromatic carbocycles. The average Bonchev–Trinajstić information content (AvgIpc) is 3.40. The third-order valence-corrected chi connectivity index (χ3v) is 6.99. The zero-order valence-electron chi connectivity index (χ0n) is 22.4. The predicted octanol–water partition coefficient (Wildman–Crippen LogP) is 6.54. The molecule has 10 heteroatoms. The Morgan fingerprint density at radius 2 is 1.56 bits per heavy atom. The molecule has 0 spiro atoms. The van der Waals surface area contributed by atoms with Gasteiger partial charge in [0.15, 0.2) is 16.7 Å². The molecule has 0 aliphatic heterocycles. The van der Waals surface area contributed by atoms with Gasteiger partial charge in [-0.15, -0.1) is 10.2 Å². The van der Waals surface area contributed by atoms with Gasteiger partial charge in [0.1, 0.15) is 23.1 Å². The highest BCUT2D eigenvalue weighted by molar-refractivity contribution is 7.99. The first-order valence-electron chi connectivity index (χ1n) is 12.7. The molecule has 8 nitrogen and oxygen atoms in total. The number of ether oxygens (including phenoxy) is 3. The molecule has 208 valence electrons. The summed E-state index contributed by atoms with van der Waals surface area (Å²) < 4.78 is 32.7. The fourth-order valence-corrected chi connectivity index (χ4v) is 4.88. The van der Waals surface area contributed by atoms with Gasteiger partial charge >= 0.3 is 0 Å². The number of hydrogen-bond donors (Lipinski definition) is 1. The summed E-state index contributed by atoms with van der Waals surface area (Å²) in [6.07, 6.45) is 0.442. The Labute approximate surface area is 241 Å². The highest BCUT2D eigenvalue weighted by atomic mass is 32.2. The maximum Gasteiger partial charge on any atom is 0.234 e. The van der Waals surface area contributed by atoms with Crippen molar-refractivity contribution in [2.24, 2.45) is 0 Å². The van der Waals surface area contributed by atoms with Crippen LogP contribution in [0.3, 0.4) is 0 Å². The van der Waals surface area contributed by atoms with Gasteiger partial charge in [-0.3, -0.25) is 9.36 Å². The van der Waals surface area contributed by atoms with Gasteiger partial charge < -0.3 is 19.5 Å². The van der Waals surface area contributed by atoms with E-state index in [1.807, 2.05) is 77.4 Å². The highest BCUT2D eigenvalue weighted by Crippen LogP contribution is 2.30. The van der Waals surface area contributed by atoms with E-state index >= 15 is 0 Å². The second-order valence-corrected chi connectivity index (χ2v) is 9.77. The molecule has 0 saturated carbocycles. The summed E-state index contributed by atoms with van der Waals surface area (Å²) in [4.78, 5) is 12.6. The molecule has 0 aliphatic rings. The van der Waals surface area contributed by atoms with Gasteiger partial charge in [0.2, 0.25) is 5.91 Å². The van der Waals surface area contributed by atoms with Gasteiger partial charge in [0.05, 0.1) is 25.7 Å². The molecule has 1 aromatic heterocycles. The maximum atomic E-state index is 14.0. The van der Waals surface area contributed by atoms with Gasteiger partial charge in [0, 0.05) is 12.1 Å². The first kappa shape index (κ1) is 27.7. The Bertz CT molecular complexity index is 1630. The minimum absolute atomic E-state index is 0.0119. The maximum absolute atomic E-state index is 14.0. The molecule has 41 heavy (non-hydrogen) atoms. The van der Waals surface area contributed by atoms with Crippen molar-refractivity contribution in [2.45, 2.75) is 11.6 Å². The summed E-state index contributed by atoms with van der Waals surface area (Å²) in [7, 11) is 3.18. The lowest BCUT2D eigenvalue weighted by atomic mass is 10.1. The number of amides is 1. The van der Waals surface area contributed by atoms with Crippen LogP contribution in [0.5, 0.6) is 23.0 Å². The van der Waals surface area contributed by atoms with Crippen molar-refractivity contribution in [1.29, 1.82) is 0 Å². The number of benzene rings is 4. The Morgan fingerprint density at radius 3 is 2.29 bits per heavy atom. The zero-order chi connectivity index (χ0) is 28.6. The van der Waals surface area contributed by atoms with E-state index in [1.54, 1.807) is 26.4 Å². The van der Waals surface area contributed by atoms with E-state index in [1.165, 1.54) is 23.9 Å². The van der Waals surface area contributed by atoms with Crippen LogP contribution in [-0.2, 0) is 11.2 Å². The lowest BCUT2D eigenvalue weighted by Crippen LogP contribution is -2.15. The first-order chi connectivity index (χ1) is 20.0. The Morgan fingerprint density at radius 1 is 0.854 bits per heavy atom. The number of rotatable bonds is 11. The van der Waals surface area contributed by atoms with E-state index in [0.29, 0.717) is 34.7 Å². The van der Waals surface area contributed by atoms with E-state index in [-0.39, 0.29) is 17.3 Å². The van der Waals surface area contributed by atoms with Crippen LogP contribution in [0.2, 0.25) is 0 Å². The highest BCUT2D eigenvalue weighted by Gasteiger charge is 2.18. The SMILES string of the molecule is COc1ccc(Cc2nnc(SCC(=O)Nc3ccccc3F)n2-c2ccc(Oc3ccccc3)cc2)cc1OC. The summed E-state index contributed by atoms with van der Waals surface area (Å²) in [5, 5.41) is 12.0. The molecule has 0 atom stereocenters. The van der Waals surface area contributed by atoms with Crippen LogP contribution in [-0.4, -0.2) is 40.6 Å². The van der Waals surface area contributed by atoms with Gasteiger partial charge in [-0.1, -0.05) is 48.2 Å². The Balaban J connectivity index is 1.41. The first-order valence-corrected chi connectivity index (χ1v) is 13.7. The van der Waals surface area contributed by atoms with Gasteiger partial charge in [-0.05, 0) is 66.2 Å². The lowest BCUT2D eigenvalue weighted by molar-refractivity contribution is -0.113. The number of hydrogen-bond acceptors (Lipinski definition) is 7. The van der Waals surface area contributed by atoms with Crippen molar-refractivity contribution >= 4 is 23.4 Å². The van der Waals surface area contributed by atoms with E-state index < -0.39 is 5.82 Å². The normalized spacial score (nSPS) is 10.7. The fourth-order valence-electron chi connectivity index (χ4n) is 4.11. The van der Waals surface area contributed by atoms with Crippen LogP contribution in [0.1, 0.15) is 11.4 Å². The average molecular weight is 571 g/mol. The molecule has 0 unspecified atom stereocenters. The van der Waals surface area contributed by atoms with Gasteiger partial charge in [0.25, 0.3) is 0 Å². The van der Waals surface area contributed by atoms with Crippen molar-refractivity contribution in [3.63, 3.8) is 0 Å². The van der Waals surface area contributed by atoms with Crippen molar-refractivity contribution in [2.75, 3.05) is 25.3 Å². The van der Waals surface area contributed by atoms with Crippen LogP contribution < -0.4 is 19.5 Å². The monoisotopic (exact) mass is 570 g/mol. The molecule has 0 bridgehead atoms. The van der Waals surface area contributed by atoms with Crippen LogP contribution >= 0.6 is 11.8 Å². The number of carbonyl (C=O) groups excluding carboxylic acids is 1. The summed E-state index contributed by atoms with van der Waals surface area (Å²) >= 11 is 1.21. The molecular formula is C31H27FN4O4S. The molecule has 1 heterocycles. The molecule has 0 radical (unpaired) electrons. The van der Waals surface area contributed by atoms with E-state index in [0.717, 1.165) is 17.0 Å². The number of carbonyl (C=O) groups is 1. The van der Waals surface area contributed by atoms with Crippen molar-refractivity contribution in [3.05, 3.63) is 114 Å². The summed E-state index contributed by atoms with van der Waals surface area (Å²) in [5.41, 5.74) is 1.86. The second kappa shape index (κ2) is 13.0. The fraction of sp³-hybridized carbons (Fsp3) is 0.129. The number of aromatic nitrogens is 3. The summed E-state index contributed by atoms with van der Waals surface area (Å²) in [6.45, 7) is 0. The quantitative estimate of drug-likeness (QED) is 0.181. The van der Waals surface area contributed by atoms with E-state index in [9.17, 15) is 9.18 Å².